The number of halogens is 2. The largest absolute Gasteiger partial charge is 0.312 e. The number of benzene rings is 1. The summed E-state index contributed by atoms with van der Waals surface area (Å²) in [5.74, 6) is -0.986. The van der Waals surface area contributed by atoms with Crippen LogP contribution in [0.15, 0.2) is 18.2 Å². The Bertz CT molecular complexity index is 387. The van der Waals surface area contributed by atoms with Crippen LogP contribution < -0.4 is 5.32 Å². The zero-order valence-electron chi connectivity index (χ0n) is 10.2. The van der Waals surface area contributed by atoms with E-state index in [0.717, 1.165) is 25.5 Å². The van der Waals surface area contributed by atoms with E-state index in [1.165, 1.54) is 6.07 Å². The third-order valence-corrected chi connectivity index (χ3v) is 3.32. The van der Waals surface area contributed by atoms with Crippen LogP contribution in [0.1, 0.15) is 24.4 Å². The predicted molar refractivity (Wildman–Crippen MR) is 63.8 cm³/mol. The van der Waals surface area contributed by atoms with Crippen LogP contribution in [0.25, 0.3) is 0 Å². The molecule has 1 heterocycles. The van der Waals surface area contributed by atoms with Crippen molar-refractivity contribution in [3.8, 4) is 0 Å². The van der Waals surface area contributed by atoms with Gasteiger partial charge in [0.05, 0.1) is 6.04 Å². The van der Waals surface area contributed by atoms with Gasteiger partial charge in [0.1, 0.15) is 11.6 Å². The minimum absolute atomic E-state index is 0.0434. The molecule has 1 aliphatic rings. The second-order valence-corrected chi connectivity index (χ2v) is 4.78. The lowest BCUT2D eigenvalue weighted by Gasteiger charge is -2.30. The first-order valence-electron chi connectivity index (χ1n) is 5.94. The van der Waals surface area contributed by atoms with Crippen molar-refractivity contribution in [1.82, 2.24) is 10.2 Å². The third kappa shape index (κ3) is 2.64. The van der Waals surface area contributed by atoms with Crippen LogP contribution >= 0.6 is 0 Å². The number of hydrogen-bond donors (Lipinski definition) is 1. The van der Waals surface area contributed by atoms with Crippen molar-refractivity contribution in [1.29, 1.82) is 0 Å². The molecule has 0 aliphatic carbocycles. The molecule has 0 radical (unpaired) electrons. The molecule has 0 saturated carbocycles. The van der Waals surface area contributed by atoms with Crippen molar-refractivity contribution >= 4 is 0 Å². The van der Waals surface area contributed by atoms with Gasteiger partial charge >= 0.3 is 0 Å². The van der Waals surface area contributed by atoms with Crippen LogP contribution in [0.5, 0.6) is 0 Å². The average Bonchev–Trinajstić information content (AvgIpc) is 2.74. The number of nitrogens with zero attached hydrogens (tertiary/aromatic N) is 1. The summed E-state index contributed by atoms with van der Waals surface area (Å²) in [6, 6.07) is 4.03. The Labute approximate surface area is 101 Å². The van der Waals surface area contributed by atoms with Gasteiger partial charge in [-0.2, -0.15) is 0 Å². The molecule has 1 fully saturated rings. The fourth-order valence-corrected chi connectivity index (χ4v) is 2.58. The van der Waals surface area contributed by atoms with E-state index >= 15 is 0 Å². The zero-order chi connectivity index (χ0) is 12.4. The maximum atomic E-state index is 13.8. The zero-order valence-corrected chi connectivity index (χ0v) is 10.2. The molecule has 1 saturated heterocycles. The number of rotatable bonds is 3. The molecule has 17 heavy (non-hydrogen) atoms. The van der Waals surface area contributed by atoms with E-state index in [0.29, 0.717) is 5.56 Å². The summed E-state index contributed by atoms with van der Waals surface area (Å²) >= 11 is 0. The molecule has 0 aromatic heterocycles. The predicted octanol–water partition coefficient (Wildman–Crippen LogP) is 2.32. The van der Waals surface area contributed by atoms with Crippen LogP contribution in [-0.2, 0) is 0 Å². The van der Waals surface area contributed by atoms with Crippen molar-refractivity contribution in [3.05, 3.63) is 35.4 Å². The van der Waals surface area contributed by atoms with Gasteiger partial charge in [-0.25, -0.2) is 8.78 Å². The van der Waals surface area contributed by atoms with Gasteiger partial charge in [0.15, 0.2) is 0 Å². The molecule has 2 atom stereocenters. The summed E-state index contributed by atoms with van der Waals surface area (Å²) < 4.78 is 26.7. The van der Waals surface area contributed by atoms with Gasteiger partial charge in [-0.1, -0.05) is 6.07 Å². The molecular weight excluding hydrogens is 222 g/mol. The average molecular weight is 240 g/mol. The molecule has 0 amide bonds. The third-order valence-electron chi connectivity index (χ3n) is 3.32. The summed E-state index contributed by atoms with van der Waals surface area (Å²) in [4.78, 5) is 1.99. The quantitative estimate of drug-likeness (QED) is 0.872. The van der Waals surface area contributed by atoms with Crippen LogP contribution in [0.2, 0.25) is 0 Å². The van der Waals surface area contributed by atoms with E-state index in [-0.39, 0.29) is 12.1 Å². The summed E-state index contributed by atoms with van der Waals surface area (Å²) in [6.07, 6.45) is 2.14. The molecule has 0 bridgehead atoms. The molecule has 2 unspecified atom stereocenters. The van der Waals surface area contributed by atoms with E-state index in [4.69, 9.17) is 0 Å². The molecule has 4 heteroatoms. The van der Waals surface area contributed by atoms with Gasteiger partial charge in [0, 0.05) is 17.7 Å². The second kappa shape index (κ2) is 5.10. The number of nitrogens with one attached hydrogen (secondary N) is 1. The minimum atomic E-state index is -0.525. The molecule has 94 valence electrons. The van der Waals surface area contributed by atoms with Crippen molar-refractivity contribution in [3.63, 3.8) is 0 Å². The highest BCUT2D eigenvalue weighted by molar-refractivity contribution is 5.24. The van der Waals surface area contributed by atoms with Gasteiger partial charge in [-0.15, -0.1) is 0 Å². The van der Waals surface area contributed by atoms with Crippen LogP contribution in [-0.4, -0.2) is 31.6 Å². The summed E-state index contributed by atoms with van der Waals surface area (Å²) in [6.45, 7) is 0.970. The molecule has 1 aromatic rings. The maximum Gasteiger partial charge on any atom is 0.130 e. The Morgan fingerprint density at radius 1 is 1.35 bits per heavy atom. The Morgan fingerprint density at radius 3 is 2.65 bits per heavy atom. The van der Waals surface area contributed by atoms with Crippen LogP contribution in [0, 0.1) is 11.6 Å². The topological polar surface area (TPSA) is 15.3 Å². The lowest BCUT2D eigenvalue weighted by Crippen LogP contribution is -2.37. The Kier molecular flexibility index (Phi) is 3.74. The summed E-state index contributed by atoms with van der Waals surface area (Å²) in [7, 11) is 3.85. The molecular formula is C13H18F2N2. The van der Waals surface area contributed by atoms with E-state index in [1.54, 1.807) is 6.07 Å². The number of likely N-dealkylation sites (N-methyl/N-ethyl adjacent to an activating group) is 1. The highest BCUT2D eigenvalue weighted by Gasteiger charge is 2.29. The van der Waals surface area contributed by atoms with Gasteiger partial charge in [0.2, 0.25) is 0 Å². The van der Waals surface area contributed by atoms with Gasteiger partial charge < -0.3 is 10.2 Å². The van der Waals surface area contributed by atoms with Crippen LogP contribution in [0.4, 0.5) is 8.78 Å². The molecule has 1 aliphatic heterocycles. The van der Waals surface area contributed by atoms with Gasteiger partial charge in [0.25, 0.3) is 0 Å². The fraction of sp³-hybridized carbons (Fsp3) is 0.538. The van der Waals surface area contributed by atoms with Crippen molar-refractivity contribution in [2.75, 3.05) is 20.6 Å². The maximum absolute atomic E-state index is 13.8. The first-order chi connectivity index (χ1) is 8.09. The van der Waals surface area contributed by atoms with Gasteiger partial charge in [-0.05, 0) is 39.5 Å². The fourth-order valence-electron chi connectivity index (χ4n) is 2.58. The smallest absolute Gasteiger partial charge is 0.130 e. The Morgan fingerprint density at radius 2 is 2.12 bits per heavy atom. The highest BCUT2D eigenvalue weighted by atomic mass is 19.1. The van der Waals surface area contributed by atoms with Crippen molar-refractivity contribution in [2.45, 2.75) is 24.9 Å². The first-order valence-corrected chi connectivity index (χ1v) is 5.94. The summed E-state index contributed by atoms with van der Waals surface area (Å²) in [5, 5.41) is 3.38. The number of hydrogen-bond acceptors (Lipinski definition) is 2. The molecule has 1 N–H and O–H groups in total. The molecule has 2 rings (SSSR count). The minimum Gasteiger partial charge on any atom is -0.312 e. The van der Waals surface area contributed by atoms with E-state index in [1.807, 2.05) is 19.0 Å². The van der Waals surface area contributed by atoms with Crippen LogP contribution in [0.3, 0.4) is 0 Å². The standard InChI is InChI=1S/C13H18F2N2/c1-17(2)13(12-4-3-7-16-12)10-6-5-9(14)8-11(10)15/h5-6,8,12-13,16H,3-4,7H2,1-2H3. The van der Waals surface area contributed by atoms with Crippen molar-refractivity contribution in [2.24, 2.45) is 0 Å². The molecule has 2 nitrogen and oxygen atoms in total. The van der Waals surface area contributed by atoms with E-state index in [9.17, 15) is 8.78 Å². The normalized spacial score (nSPS) is 22.1. The van der Waals surface area contributed by atoms with E-state index < -0.39 is 11.6 Å². The Hall–Kier alpha value is -1.00. The molecule has 0 spiro atoms. The Balaban J connectivity index is 2.31. The molecule has 1 aromatic carbocycles. The van der Waals surface area contributed by atoms with E-state index in [2.05, 4.69) is 5.32 Å². The lowest BCUT2D eigenvalue weighted by molar-refractivity contribution is 0.238. The second-order valence-electron chi connectivity index (χ2n) is 4.78. The first kappa shape index (κ1) is 12.5. The monoisotopic (exact) mass is 240 g/mol. The van der Waals surface area contributed by atoms with Gasteiger partial charge in [-0.3, -0.25) is 0 Å². The lowest BCUT2D eigenvalue weighted by atomic mass is 9.96. The summed E-state index contributed by atoms with van der Waals surface area (Å²) in [5.41, 5.74) is 0.566. The SMILES string of the molecule is CN(C)C(c1ccc(F)cc1F)C1CCCN1. The van der Waals surface area contributed by atoms with Crippen molar-refractivity contribution < 1.29 is 8.78 Å². The highest BCUT2D eigenvalue weighted by Crippen LogP contribution is 2.29.